The highest BCUT2D eigenvalue weighted by Crippen LogP contribution is 2.00. The van der Waals surface area contributed by atoms with Gasteiger partial charge in [0.2, 0.25) is 23.6 Å². The van der Waals surface area contributed by atoms with E-state index in [-0.39, 0.29) is 12.8 Å². The van der Waals surface area contributed by atoms with Crippen LogP contribution in [0.15, 0.2) is 0 Å². The predicted molar refractivity (Wildman–Crippen MR) is 84.0 cm³/mol. The molecule has 0 spiro atoms. The maximum Gasteiger partial charge on any atom is 0.326 e. The number of carbonyl (C=O) groups is 6. The molecule has 3 unspecified atom stereocenters. The van der Waals surface area contributed by atoms with Gasteiger partial charge in [-0.25, -0.2) is 4.79 Å². The minimum atomic E-state index is -1.70. The monoisotopic (exact) mass is 375 g/mol. The molecule has 13 heteroatoms. The van der Waals surface area contributed by atoms with Crippen LogP contribution in [-0.4, -0.2) is 63.9 Å². The van der Waals surface area contributed by atoms with Gasteiger partial charge < -0.3 is 38.0 Å². The third-order valence-electron chi connectivity index (χ3n) is 3.07. The van der Waals surface area contributed by atoms with Gasteiger partial charge in [-0.05, 0) is 6.42 Å². The largest absolute Gasteiger partial charge is 0.481 e. The molecule has 0 rings (SSSR count). The van der Waals surface area contributed by atoms with Crippen LogP contribution in [-0.2, 0) is 28.8 Å². The number of carboxylic acid groups (broad SMARTS) is 2. The SMILES string of the molecule is NC(=O)CCC(N)C(=O)NC(CC(=O)O)C(=O)NC(CC(N)=O)C(=O)O. The summed E-state index contributed by atoms with van der Waals surface area (Å²) in [5, 5.41) is 21.7. The molecule has 0 aliphatic rings. The molecule has 146 valence electrons. The summed E-state index contributed by atoms with van der Waals surface area (Å²) in [6.07, 6.45) is -1.94. The molecule has 3 atom stereocenters. The molecular formula is C13H21N5O8. The van der Waals surface area contributed by atoms with E-state index in [0.29, 0.717) is 0 Å². The number of nitrogens with two attached hydrogens (primary N) is 3. The Morgan fingerprint density at radius 1 is 0.808 bits per heavy atom. The summed E-state index contributed by atoms with van der Waals surface area (Å²) in [4.78, 5) is 67.3. The van der Waals surface area contributed by atoms with Gasteiger partial charge in [0.25, 0.3) is 0 Å². The van der Waals surface area contributed by atoms with Crippen LogP contribution in [0.4, 0.5) is 0 Å². The zero-order chi connectivity index (χ0) is 20.4. The zero-order valence-electron chi connectivity index (χ0n) is 13.6. The molecule has 0 radical (unpaired) electrons. The van der Waals surface area contributed by atoms with Gasteiger partial charge in [0, 0.05) is 6.42 Å². The Morgan fingerprint density at radius 3 is 1.77 bits per heavy atom. The third kappa shape index (κ3) is 9.17. The fourth-order valence-corrected chi connectivity index (χ4v) is 1.77. The van der Waals surface area contributed by atoms with E-state index in [0.717, 1.165) is 0 Å². The summed E-state index contributed by atoms with van der Waals surface area (Å²) in [5.74, 6) is -6.84. The molecule has 0 aromatic heterocycles. The highest BCUT2D eigenvalue weighted by atomic mass is 16.4. The van der Waals surface area contributed by atoms with Crippen molar-refractivity contribution in [3.63, 3.8) is 0 Å². The lowest BCUT2D eigenvalue weighted by Crippen LogP contribution is -2.55. The summed E-state index contributed by atoms with van der Waals surface area (Å²) in [6, 6.07) is -4.60. The number of amides is 4. The Bertz CT molecular complexity index is 593. The van der Waals surface area contributed by atoms with Crippen molar-refractivity contribution in [3.8, 4) is 0 Å². The smallest absolute Gasteiger partial charge is 0.326 e. The van der Waals surface area contributed by atoms with Crippen LogP contribution in [0.5, 0.6) is 0 Å². The highest BCUT2D eigenvalue weighted by molar-refractivity contribution is 5.95. The van der Waals surface area contributed by atoms with Gasteiger partial charge in [-0.3, -0.25) is 24.0 Å². The van der Waals surface area contributed by atoms with Gasteiger partial charge in [0.05, 0.1) is 18.9 Å². The number of hydrogen-bond acceptors (Lipinski definition) is 7. The lowest BCUT2D eigenvalue weighted by atomic mass is 10.1. The first-order valence-electron chi connectivity index (χ1n) is 7.31. The highest BCUT2D eigenvalue weighted by Gasteiger charge is 2.30. The van der Waals surface area contributed by atoms with Crippen molar-refractivity contribution >= 4 is 35.6 Å². The molecule has 0 fully saturated rings. The van der Waals surface area contributed by atoms with E-state index >= 15 is 0 Å². The van der Waals surface area contributed by atoms with Gasteiger partial charge in [-0.1, -0.05) is 0 Å². The van der Waals surface area contributed by atoms with Crippen molar-refractivity contribution in [2.75, 3.05) is 0 Å². The molecule has 0 aliphatic heterocycles. The third-order valence-corrected chi connectivity index (χ3v) is 3.07. The van der Waals surface area contributed by atoms with Crippen LogP contribution in [0, 0.1) is 0 Å². The van der Waals surface area contributed by atoms with Gasteiger partial charge in [-0.2, -0.15) is 0 Å². The molecule has 0 aromatic carbocycles. The van der Waals surface area contributed by atoms with Gasteiger partial charge in [0.15, 0.2) is 0 Å². The second kappa shape index (κ2) is 10.6. The number of hydrogen-bond donors (Lipinski definition) is 7. The molecule has 0 aromatic rings. The Morgan fingerprint density at radius 2 is 1.35 bits per heavy atom. The van der Waals surface area contributed by atoms with Crippen LogP contribution < -0.4 is 27.8 Å². The fourth-order valence-electron chi connectivity index (χ4n) is 1.77. The first-order valence-corrected chi connectivity index (χ1v) is 7.31. The van der Waals surface area contributed by atoms with Crippen molar-refractivity contribution in [1.29, 1.82) is 0 Å². The first-order chi connectivity index (χ1) is 11.9. The molecule has 0 heterocycles. The Labute approximate surface area is 147 Å². The van der Waals surface area contributed by atoms with E-state index in [1.807, 2.05) is 5.32 Å². The summed E-state index contributed by atoms with van der Waals surface area (Å²) in [7, 11) is 0. The molecule has 0 saturated carbocycles. The number of carbonyl (C=O) groups excluding carboxylic acids is 4. The van der Waals surface area contributed by atoms with Crippen LogP contribution in [0.2, 0.25) is 0 Å². The zero-order valence-corrected chi connectivity index (χ0v) is 13.6. The lowest BCUT2D eigenvalue weighted by molar-refractivity contribution is -0.144. The molecule has 0 bridgehead atoms. The van der Waals surface area contributed by atoms with Crippen molar-refractivity contribution in [2.45, 2.75) is 43.8 Å². The molecule has 0 saturated heterocycles. The van der Waals surface area contributed by atoms with E-state index in [2.05, 4.69) is 5.32 Å². The second-order valence-corrected chi connectivity index (χ2v) is 5.34. The van der Waals surface area contributed by atoms with Crippen LogP contribution in [0.25, 0.3) is 0 Å². The topological polar surface area (TPSA) is 245 Å². The predicted octanol–water partition coefficient (Wildman–Crippen LogP) is -4.02. The quantitative estimate of drug-likeness (QED) is 0.175. The maximum atomic E-state index is 12.1. The summed E-state index contributed by atoms with van der Waals surface area (Å²) < 4.78 is 0. The van der Waals surface area contributed by atoms with E-state index in [4.69, 9.17) is 27.4 Å². The van der Waals surface area contributed by atoms with Crippen molar-refractivity contribution in [2.24, 2.45) is 17.2 Å². The number of rotatable bonds is 12. The number of aliphatic carboxylic acids is 2. The summed E-state index contributed by atoms with van der Waals surface area (Å²) >= 11 is 0. The van der Waals surface area contributed by atoms with E-state index in [1.165, 1.54) is 0 Å². The molecule has 26 heavy (non-hydrogen) atoms. The Kier molecular flexibility index (Phi) is 9.29. The molecule has 13 nitrogen and oxygen atoms in total. The van der Waals surface area contributed by atoms with Crippen molar-refractivity contribution in [3.05, 3.63) is 0 Å². The van der Waals surface area contributed by atoms with Gasteiger partial charge >= 0.3 is 11.9 Å². The van der Waals surface area contributed by atoms with Crippen molar-refractivity contribution < 1.29 is 39.0 Å². The van der Waals surface area contributed by atoms with E-state index in [1.54, 1.807) is 0 Å². The lowest BCUT2D eigenvalue weighted by Gasteiger charge is -2.21. The minimum absolute atomic E-state index is 0.137. The summed E-state index contributed by atoms with van der Waals surface area (Å²) in [6.45, 7) is 0. The molecule has 10 N–H and O–H groups in total. The standard InChI is InChI=1S/C13H21N5O8/c14-5(1-2-8(15)19)11(23)17-6(4-10(21)22)12(24)18-7(13(25)26)3-9(16)20/h5-7H,1-4,14H2,(H2,15,19)(H2,16,20)(H,17,23)(H,18,24)(H,21,22)(H,25,26). The fraction of sp³-hybridized carbons (Fsp3) is 0.538. The minimum Gasteiger partial charge on any atom is -0.481 e. The maximum absolute atomic E-state index is 12.1. The van der Waals surface area contributed by atoms with E-state index < -0.39 is 66.5 Å². The molecular weight excluding hydrogens is 354 g/mol. The molecule has 0 aliphatic carbocycles. The summed E-state index contributed by atoms with van der Waals surface area (Å²) in [5.41, 5.74) is 15.3. The van der Waals surface area contributed by atoms with Crippen molar-refractivity contribution in [1.82, 2.24) is 10.6 Å². The number of nitrogens with one attached hydrogen (secondary N) is 2. The van der Waals surface area contributed by atoms with E-state index in [9.17, 15) is 28.8 Å². The van der Waals surface area contributed by atoms with Crippen LogP contribution >= 0.6 is 0 Å². The van der Waals surface area contributed by atoms with Gasteiger partial charge in [0.1, 0.15) is 12.1 Å². The van der Waals surface area contributed by atoms with Crippen LogP contribution in [0.1, 0.15) is 25.7 Å². The normalized spacial score (nSPS) is 13.7. The molecule has 4 amide bonds. The van der Waals surface area contributed by atoms with Gasteiger partial charge in [-0.15, -0.1) is 0 Å². The Hall–Kier alpha value is -3.22. The second-order valence-electron chi connectivity index (χ2n) is 5.34. The average molecular weight is 375 g/mol. The Balaban J connectivity index is 5.05. The average Bonchev–Trinajstić information content (AvgIpc) is 2.49. The number of carboxylic acids is 2. The van der Waals surface area contributed by atoms with Crippen LogP contribution in [0.3, 0.4) is 0 Å². The first kappa shape index (κ1) is 22.8. The number of primary amides is 2.